The van der Waals surface area contributed by atoms with E-state index in [4.69, 9.17) is 0 Å². The molecule has 0 radical (unpaired) electrons. The van der Waals surface area contributed by atoms with Crippen molar-refractivity contribution in [3.8, 4) is 0 Å². The largest absolute Gasteiger partial charge is 0.344 e. The smallest absolute Gasteiger partial charge is 0.317 e. The molecule has 3 N–H and O–H groups in total. The minimum Gasteiger partial charge on any atom is -0.317 e. The van der Waals surface area contributed by atoms with Crippen molar-refractivity contribution in [1.29, 1.82) is 0 Å². The second-order valence-electron chi connectivity index (χ2n) is 3.21. The van der Waals surface area contributed by atoms with E-state index in [1.54, 1.807) is 0 Å². The Morgan fingerprint density at radius 1 is 1.08 bits per heavy atom. The topological polar surface area (TPSA) is 82.7 Å². The second-order valence-corrected chi connectivity index (χ2v) is 3.21. The quantitative estimate of drug-likeness (QED) is 0.512. The molecule has 1 fully saturated rings. The van der Waals surface area contributed by atoms with E-state index in [0.717, 1.165) is 25.9 Å². The third kappa shape index (κ3) is 1.44. The van der Waals surface area contributed by atoms with Crippen LogP contribution < -0.4 is 16.7 Å². The lowest BCUT2D eigenvalue weighted by atomic mass is 10.1. The zero-order chi connectivity index (χ0) is 9.26. The highest BCUT2D eigenvalue weighted by Gasteiger charge is 2.18. The molecule has 1 aliphatic heterocycles. The van der Waals surface area contributed by atoms with Crippen LogP contribution in [0, 0.1) is 0 Å². The van der Waals surface area contributed by atoms with Crippen LogP contribution in [-0.2, 0) is 0 Å². The van der Waals surface area contributed by atoms with Crippen LogP contribution in [0.3, 0.4) is 0 Å². The van der Waals surface area contributed by atoms with Gasteiger partial charge in [-0.3, -0.25) is 0 Å². The standard InChI is InChI=1S/C7H12N4O2/c12-6-9-10-7(13)11(6)5-1-3-8-4-2-5/h5,8H,1-4H2,(H,9,12)(H,10,13). The summed E-state index contributed by atoms with van der Waals surface area (Å²) >= 11 is 0. The first-order valence-corrected chi connectivity index (χ1v) is 4.39. The molecule has 1 aromatic heterocycles. The molecular weight excluding hydrogens is 172 g/mol. The normalized spacial score (nSPS) is 19.1. The molecule has 72 valence electrons. The summed E-state index contributed by atoms with van der Waals surface area (Å²) in [5.74, 6) is 0. The maximum Gasteiger partial charge on any atom is 0.344 e. The van der Waals surface area contributed by atoms with Crippen molar-refractivity contribution >= 4 is 0 Å². The first-order valence-electron chi connectivity index (χ1n) is 4.39. The molecule has 6 heteroatoms. The maximum atomic E-state index is 11.2. The molecule has 13 heavy (non-hydrogen) atoms. The zero-order valence-corrected chi connectivity index (χ0v) is 7.17. The molecule has 0 unspecified atom stereocenters. The van der Waals surface area contributed by atoms with Crippen molar-refractivity contribution in [3.63, 3.8) is 0 Å². The summed E-state index contributed by atoms with van der Waals surface area (Å²) in [6.07, 6.45) is 1.67. The average molecular weight is 184 g/mol. The van der Waals surface area contributed by atoms with E-state index in [2.05, 4.69) is 15.5 Å². The second kappa shape index (κ2) is 3.21. The van der Waals surface area contributed by atoms with Gasteiger partial charge in [-0.25, -0.2) is 24.4 Å². The zero-order valence-electron chi connectivity index (χ0n) is 7.17. The molecule has 0 spiro atoms. The molecule has 0 amide bonds. The lowest BCUT2D eigenvalue weighted by Crippen LogP contribution is -2.37. The molecule has 1 aliphatic rings. The van der Waals surface area contributed by atoms with Crippen LogP contribution in [-0.4, -0.2) is 27.9 Å². The molecular formula is C7H12N4O2. The Morgan fingerprint density at radius 3 is 2.15 bits per heavy atom. The molecule has 1 saturated heterocycles. The molecule has 0 saturated carbocycles. The van der Waals surface area contributed by atoms with Gasteiger partial charge in [-0.2, -0.15) is 0 Å². The van der Waals surface area contributed by atoms with E-state index in [-0.39, 0.29) is 17.4 Å². The Balaban J connectivity index is 2.33. The van der Waals surface area contributed by atoms with E-state index < -0.39 is 0 Å². The van der Waals surface area contributed by atoms with Crippen molar-refractivity contribution < 1.29 is 0 Å². The minimum absolute atomic E-state index is 0.0451. The highest BCUT2D eigenvalue weighted by atomic mass is 16.2. The fourth-order valence-corrected chi connectivity index (χ4v) is 1.72. The molecule has 0 bridgehead atoms. The summed E-state index contributed by atoms with van der Waals surface area (Å²) < 4.78 is 1.26. The predicted octanol–water partition coefficient (Wildman–Crippen LogP) is -1.21. The number of aromatic nitrogens is 3. The van der Waals surface area contributed by atoms with Crippen molar-refractivity contribution in [2.24, 2.45) is 0 Å². The van der Waals surface area contributed by atoms with Gasteiger partial charge in [0.2, 0.25) is 0 Å². The van der Waals surface area contributed by atoms with Gasteiger partial charge in [-0.05, 0) is 25.9 Å². The third-order valence-corrected chi connectivity index (χ3v) is 2.39. The molecule has 1 aromatic rings. The van der Waals surface area contributed by atoms with E-state index in [1.165, 1.54) is 4.57 Å². The van der Waals surface area contributed by atoms with Crippen LogP contribution in [0.4, 0.5) is 0 Å². The van der Waals surface area contributed by atoms with Crippen molar-refractivity contribution in [2.75, 3.05) is 13.1 Å². The molecule has 2 heterocycles. The number of hydrogen-bond acceptors (Lipinski definition) is 3. The molecule has 0 atom stereocenters. The monoisotopic (exact) mass is 184 g/mol. The first-order chi connectivity index (χ1) is 6.29. The summed E-state index contributed by atoms with van der Waals surface area (Å²) in [6.45, 7) is 1.73. The summed E-state index contributed by atoms with van der Waals surface area (Å²) in [5, 5.41) is 7.75. The van der Waals surface area contributed by atoms with Crippen LogP contribution >= 0.6 is 0 Å². The molecule has 0 aliphatic carbocycles. The fourth-order valence-electron chi connectivity index (χ4n) is 1.72. The van der Waals surface area contributed by atoms with Gasteiger partial charge in [-0.1, -0.05) is 0 Å². The van der Waals surface area contributed by atoms with E-state index >= 15 is 0 Å². The Morgan fingerprint density at radius 2 is 1.62 bits per heavy atom. The first kappa shape index (κ1) is 8.31. The van der Waals surface area contributed by atoms with Gasteiger partial charge < -0.3 is 5.32 Å². The number of hydrogen-bond donors (Lipinski definition) is 3. The number of nitrogens with one attached hydrogen (secondary N) is 3. The summed E-state index contributed by atoms with van der Waals surface area (Å²) in [7, 11) is 0. The van der Waals surface area contributed by atoms with E-state index in [9.17, 15) is 9.59 Å². The molecule has 6 nitrogen and oxygen atoms in total. The van der Waals surface area contributed by atoms with Gasteiger partial charge >= 0.3 is 11.4 Å². The lowest BCUT2D eigenvalue weighted by molar-refractivity contribution is 0.355. The lowest BCUT2D eigenvalue weighted by Gasteiger charge is -2.21. The van der Waals surface area contributed by atoms with Gasteiger partial charge in [-0.15, -0.1) is 0 Å². The van der Waals surface area contributed by atoms with E-state index in [0.29, 0.717) is 0 Å². The van der Waals surface area contributed by atoms with Crippen molar-refractivity contribution in [3.05, 3.63) is 21.0 Å². The maximum absolute atomic E-state index is 11.2. The van der Waals surface area contributed by atoms with E-state index in [1.807, 2.05) is 0 Å². The van der Waals surface area contributed by atoms with Gasteiger partial charge in [0.05, 0.1) is 0 Å². The van der Waals surface area contributed by atoms with Crippen molar-refractivity contribution in [1.82, 2.24) is 20.1 Å². The van der Waals surface area contributed by atoms with Gasteiger partial charge in [0.25, 0.3) is 0 Å². The fraction of sp³-hybridized carbons (Fsp3) is 0.714. The Hall–Kier alpha value is -1.30. The Bertz CT molecular complexity index is 354. The SMILES string of the molecule is O=c1[nH][nH]c(=O)n1C1CCNCC1. The van der Waals surface area contributed by atoms with Crippen molar-refractivity contribution in [2.45, 2.75) is 18.9 Å². The summed E-state index contributed by atoms with van der Waals surface area (Å²) in [6, 6.07) is 0.0451. The van der Waals surface area contributed by atoms with Crippen LogP contribution in [0.25, 0.3) is 0 Å². The predicted molar refractivity (Wildman–Crippen MR) is 46.8 cm³/mol. The number of nitrogens with zero attached hydrogens (tertiary/aromatic N) is 1. The highest BCUT2D eigenvalue weighted by molar-refractivity contribution is 4.79. The number of rotatable bonds is 1. The average Bonchev–Trinajstić information content (AvgIpc) is 2.48. The summed E-state index contributed by atoms with van der Waals surface area (Å²) in [5.41, 5.74) is -0.672. The molecule has 0 aromatic carbocycles. The highest BCUT2D eigenvalue weighted by Crippen LogP contribution is 2.13. The Kier molecular flexibility index (Phi) is 2.05. The van der Waals surface area contributed by atoms with Gasteiger partial charge in [0.15, 0.2) is 0 Å². The third-order valence-electron chi connectivity index (χ3n) is 2.39. The van der Waals surface area contributed by atoms with Crippen LogP contribution in [0.2, 0.25) is 0 Å². The van der Waals surface area contributed by atoms with Gasteiger partial charge in [0.1, 0.15) is 0 Å². The van der Waals surface area contributed by atoms with Crippen LogP contribution in [0.1, 0.15) is 18.9 Å². The minimum atomic E-state index is -0.336. The summed E-state index contributed by atoms with van der Waals surface area (Å²) in [4.78, 5) is 22.4. The van der Waals surface area contributed by atoms with Crippen LogP contribution in [0.15, 0.2) is 9.59 Å². The van der Waals surface area contributed by atoms with Gasteiger partial charge in [0, 0.05) is 6.04 Å². The number of aromatic amines is 2. The number of piperidine rings is 1. The Labute approximate surface area is 74.0 Å². The van der Waals surface area contributed by atoms with Crippen LogP contribution in [0.5, 0.6) is 0 Å². The number of H-pyrrole nitrogens is 2. The molecule has 2 rings (SSSR count).